The van der Waals surface area contributed by atoms with Crippen LogP contribution in [0.1, 0.15) is 29.9 Å². The Morgan fingerprint density at radius 1 is 0.820 bits per heavy atom. The monoisotopic (exact) mass is 770 g/mol. The fraction of sp³-hybridized carbons (Fsp3) is 0.231. The predicted octanol–water partition coefficient (Wildman–Crippen LogP) is 7.84. The Morgan fingerprint density at radius 3 is 2.26 bits per heavy atom. The second kappa shape index (κ2) is 12.1. The Hall–Kier alpha value is -4.44. The van der Waals surface area contributed by atoms with E-state index in [-0.39, 0.29) is 41.2 Å². The molecule has 11 heteroatoms. The van der Waals surface area contributed by atoms with Crippen molar-refractivity contribution < 1.29 is 29.0 Å². The smallest absolute Gasteiger partial charge is 0.246 e. The first-order valence-electron chi connectivity index (χ1n) is 16.2. The number of methoxy groups -OCH3 is 1. The molecule has 2 saturated heterocycles. The van der Waals surface area contributed by atoms with Gasteiger partial charge in [0.25, 0.3) is 0 Å². The number of benzene rings is 4. The van der Waals surface area contributed by atoms with E-state index in [0.29, 0.717) is 27.5 Å². The molecule has 4 aliphatic rings. The second-order valence-electron chi connectivity index (χ2n) is 13.1. The molecule has 4 aromatic carbocycles. The van der Waals surface area contributed by atoms with Gasteiger partial charge in [-0.15, -0.1) is 0 Å². The van der Waals surface area contributed by atoms with Crippen molar-refractivity contribution in [1.82, 2.24) is 0 Å². The molecule has 2 aliphatic carbocycles. The number of carbonyl (C=O) groups excluding carboxylic acids is 4. The van der Waals surface area contributed by atoms with Gasteiger partial charge >= 0.3 is 0 Å². The Morgan fingerprint density at radius 2 is 1.56 bits per heavy atom. The number of halogens is 3. The zero-order chi connectivity index (χ0) is 35.1. The first-order valence-corrected chi connectivity index (χ1v) is 17.7. The van der Waals surface area contributed by atoms with Crippen LogP contribution in [0.2, 0.25) is 10.0 Å². The molecule has 0 bridgehead atoms. The van der Waals surface area contributed by atoms with Crippen molar-refractivity contribution in [2.45, 2.75) is 24.2 Å². The number of anilines is 2. The molecule has 50 heavy (non-hydrogen) atoms. The molecule has 8 nitrogen and oxygen atoms in total. The van der Waals surface area contributed by atoms with Crippen LogP contribution in [-0.2, 0) is 24.6 Å². The number of amides is 4. The highest BCUT2D eigenvalue weighted by Crippen LogP contribution is 2.65. The molecular weight excluding hydrogens is 743 g/mol. The number of rotatable bonds is 5. The topological polar surface area (TPSA) is 104 Å². The molecule has 1 N–H and O–H groups in total. The van der Waals surface area contributed by atoms with E-state index < -0.39 is 46.8 Å². The molecule has 6 atom stereocenters. The zero-order valence-electron chi connectivity index (χ0n) is 26.6. The van der Waals surface area contributed by atoms with Crippen LogP contribution < -0.4 is 14.5 Å². The van der Waals surface area contributed by atoms with E-state index in [1.54, 1.807) is 60.7 Å². The van der Waals surface area contributed by atoms with E-state index in [4.69, 9.17) is 27.9 Å². The SMILES string of the molecule is COc1cc(C2C3=CCC4C(=O)N(c5ccc(Br)cc5)C(=O)C4C3CC3C(=O)N(c4cccc(Cl)c4)C(=O)C32c2ccccc2)cc(Cl)c1O. The molecular formula is C39H29BrCl2N2O6. The summed E-state index contributed by atoms with van der Waals surface area (Å²) in [5.41, 5.74) is 1.23. The van der Waals surface area contributed by atoms with Crippen LogP contribution >= 0.6 is 39.1 Å². The van der Waals surface area contributed by atoms with Crippen molar-refractivity contribution in [2.24, 2.45) is 23.7 Å². The van der Waals surface area contributed by atoms with E-state index >= 15 is 4.79 Å². The van der Waals surface area contributed by atoms with Gasteiger partial charge in [0.05, 0.1) is 46.7 Å². The quantitative estimate of drug-likeness (QED) is 0.164. The third-order valence-corrected chi connectivity index (χ3v) is 11.9. The minimum Gasteiger partial charge on any atom is -0.503 e. The molecule has 252 valence electrons. The fourth-order valence-corrected chi connectivity index (χ4v) is 9.55. The predicted molar refractivity (Wildman–Crippen MR) is 192 cm³/mol. The van der Waals surface area contributed by atoms with Gasteiger partial charge in [-0.25, -0.2) is 4.90 Å². The summed E-state index contributed by atoms with van der Waals surface area (Å²) in [6.07, 6.45) is 2.39. The summed E-state index contributed by atoms with van der Waals surface area (Å²) >= 11 is 16.4. The lowest BCUT2D eigenvalue weighted by Crippen LogP contribution is -2.53. The summed E-state index contributed by atoms with van der Waals surface area (Å²) in [4.78, 5) is 61.1. The van der Waals surface area contributed by atoms with Crippen LogP contribution in [0, 0.1) is 23.7 Å². The highest BCUT2D eigenvalue weighted by molar-refractivity contribution is 9.10. The lowest BCUT2D eigenvalue weighted by molar-refractivity contribution is -0.127. The third-order valence-electron chi connectivity index (χ3n) is 10.9. The van der Waals surface area contributed by atoms with Crippen molar-refractivity contribution >= 4 is 74.1 Å². The second-order valence-corrected chi connectivity index (χ2v) is 14.9. The summed E-state index contributed by atoms with van der Waals surface area (Å²) < 4.78 is 6.34. The molecule has 8 rings (SSSR count). The summed E-state index contributed by atoms with van der Waals surface area (Å²) in [6, 6.07) is 26.0. The number of imide groups is 2. The van der Waals surface area contributed by atoms with Crippen molar-refractivity contribution in [1.29, 1.82) is 0 Å². The molecule has 2 heterocycles. The summed E-state index contributed by atoms with van der Waals surface area (Å²) in [5, 5.41) is 11.1. The molecule has 3 fully saturated rings. The Bertz CT molecular complexity index is 2140. The zero-order valence-corrected chi connectivity index (χ0v) is 29.7. The number of carbonyl (C=O) groups is 4. The summed E-state index contributed by atoms with van der Waals surface area (Å²) in [7, 11) is 1.41. The van der Waals surface area contributed by atoms with Gasteiger partial charge in [-0.3, -0.25) is 24.1 Å². The van der Waals surface area contributed by atoms with Crippen LogP contribution in [0.5, 0.6) is 11.5 Å². The van der Waals surface area contributed by atoms with Gasteiger partial charge in [0.2, 0.25) is 23.6 Å². The Labute approximate surface area is 306 Å². The number of hydrogen-bond acceptors (Lipinski definition) is 6. The molecule has 0 radical (unpaired) electrons. The van der Waals surface area contributed by atoms with E-state index in [1.807, 2.05) is 36.4 Å². The van der Waals surface area contributed by atoms with Gasteiger partial charge in [0.1, 0.15) is 0 Å². The fourth-order valence-electron chi connectivity index (χ4n) is 8.88. The minimum absolute atomic E-state index is 0.00697. The molecule has 6 unspecified atom stereocenters. The number of phenolic OH excluding ortho intramolecular Hbond substituents is 1. The van der Waals surface area contributed by atoms with Gasteiger partial charge < -0.3 is 9.84 Å². The van der Waals surface area contributed by atoms with Crippen molar-refractivity contribution in [3.05, 3.63) is 128 Å². The maximum atomic E-state index is 15.3. The van der Waals surface area contributed by atoms with Gasteiger partial charge in [-0.05, 0) is 84.5 Å². The standard InChI is InChI=1S/C39H29BrCl2N2O6/c1-50-31-17-20(16-30(42)34(31)45)33-26-14-15-27-32(37(48)43(35(27)46)24-12-10-22(40)11-13-24)28(26)19-29-36(47)44(25-9-5-8-23(41)18-25)38(49)39(29,33)21-6-3-2-4-7-21/h2-14,16-18,27-29,32-33,45H,15,19H2,1H3. The van der Waals surface area contributed by atoms with Crippen LogP contribution in [0.4, 0.5) is 11.4 Å². The number of ether oxygens (including phenoxy) is 1. The van der Waals surface area contributed by atoms with Crippen molar-refractivity contribution in [3.8, 4) is 11.5 Å². The summed E-state index contributed by atoms with van der Waals surface area (Å²) in [6.45, 7) is 0. The average molecular weight is 772 g/mol. The molecule has 0 aromatic heterocycles. The van der Waals surface area contributed by atoms with Crippen molar-refractivity contribution in [2.75, 3.05) is 16.9 Å². The number of nitrogens with zero attached hydrogens (tertiary/aromatic N) is 2. The lowest BCUT2D eigenvalue weighted by Gasteiger charge is -2.50. The maximum Gasteiger partial charge on any atom is 0.246 e. The lowest BCUT2D eigenvalue weighted by atomic mass is 9.49. The van der Waals surface area contributed by atoms with Gasteiger partial charge in [-0.1, -0.05) is 87.2 Å². The van der Waals surface area contributed by atoms with Gasteiger partial charge in [0, 0.05) is 15.4 Å². The molecule has 2 aliphatic heterocycles. The van der Waals surface area contributed by atoms with E-state index in [2.05, 4.69) is 15.9 Å². The highest BCUT2D eigenvalue weighted by atomic mass is 79.9. The van der Waals surface area contributed by atoms with E-state index in [0.717, 1.165) is 10.0 Å². The van der Waals surface area contributed by atoms with Crippen LogP contribution in [0.15, 0.2) is 107 Å². The number of fused-ring (bicyclic) bond motifs is 4. The van der Waals surface area contributed by atoms with E-state index in [1.165, 1.54) is 16.9 Å². The van der Waals surface area contributed by atoms with Gasteiger partial charge in [0.15, 0.2) is 11.5 Å². The number of phenols is 1. The molecule has 0 spiro atoms. The molecule has 1 saturated carbocycles. The number of hydrogen-bond donors (Lipinski definition) is 1. The van der Waals surface area contributed by atoms with Crippen molar-refractivity contribution in [3.63, 3.8) is 0 Å². The number of allylic oxidation sites excluding steroid dienone is 2. The highest BCUT2D eigenvalue weighted by Gasteiger charge is 2.70. The Kier molecular flexibility index (Phi) is 7.93. The Balaban J connectivity index is 1.37. The number of aromatic hydroxyl groups is 1. The minimum atomic E-state index is -1.49. The van der Waals surface area contributed by atoms with Crippen LogP contribution in [-0.4, -0.2) is 35.8 Å². The summed E-state index contributed by atoms with van der Waals surface area (Å²) in [5.74, 6) is -5.40. The average Bonchev–Trinajstić information content (AvgIpc) is 3.50. The van der Waals surface area contributed by atoms with Crippen LogP contribution in [0.3, 0.4) is 0 Å². The third kappa shape index (κ3) is 4.63. The van der Waals surface area contributed by atoms with Crippen LogP contribution in [0.25, 0.3) is 0 Å². The normalized spacial score (nSPS) is 27.2. The molecule has 4 aromatic rings. The largest absolute Gasteiger partial charge is 0.503 e. The molecule has 4 amide bonds. The first kappa shape index (κ1) is 32.7. The first-order chi connectivity index (χ1) is 24.1. The van der Waals surface area contributed by atoms with Gasteiger partial charge in [-0.2, -0.15) is 0 Å². The van der Waals surface area contributed by atoms with E-state index in [9.17, 15) is 19.5 Å². The maximum absolute atomic E-state index is 15.3.